The Morgan fingerprint density at radius 3 is 1.73 bits per heavy atom. The van der Waals surface area contributed by atoms with E-state index in [1.54, 1.807) is 12.2 Å². The van der Waals surface area contributed by atoms with Gasteiger partial charge in [-0.15, -0.1) is 0 Å². The summed E-state index contributed by atoms with van der Waals surface area (Å²) in [4.78, 5) is 21.5. The van der Waals surface area contributed by atoms with Gasteiger partial charge in [-0.05, 0) is 12.2 Å². The maximum absolute atomic E-state index is 10.7. The van der Waals surface area contributed by atoms with Gasteiger partial charge >= 0.3 is 11.9 Å². The topological polar surface area (TPSA) is 65.1 Å². The minimum atomic E-state index is -0.348. The molecule has 0 aromatic heterocycles. The molecule has 0 spiro atoms. The highest BCUT2D eigenvalue weighted by Gasteiger charge is 2.53. The quantitative estimate of drug-likeness (QED) is 0.371. The zero-order valence-electron chi connectivity index (χ0n) is 8.51. The Morgan fingerprint density at radius 1 is 1.00 bits per heavy atom. The van der Waals surface area contributed by atoms with Crippen LogP contribution in [0.1, 0.15) is 13.8 Å². The third kappa shape index (κ3) is 2.18. The van der Waals surface area contributed by atoms with Crippen molar-refractivity contribution < 1.29 is 23.8 Å². The molecule has 0 aromatic rings. The van der Waals surface area contributed by atoms with Crippen LogP contribution in [0, 0.1) is 0 Å². The summed E-state index contributed by atoms with van der Waals surface area (Å²) in [6, 6.07) is 0. The third-order valence-electron chi connectivity index (χ3n) is 2.30. The van der Waals surface area contributed by atoms with Crippen molar-refractivity contribution in [3.8, 4) is 0 Å². The molecule has 4 atom stereocenters. The van der Waals surface area contributed by atoms with Crippen LogP contribution < -0.4 is 0 Å². The van der Waals surface area contributed by atoms with Crippen LogP contribution in [-0.2, 0) is 23.8 Å². The average molecular weight is 212 g/mol. The second kappa shape index (κ2) is 3.66. The number of hydrogen-bond donors (Lipinski definition) is 0. The molecular formula is C10H12O5. The third-order valence-corrected chi connectivity index (χ3v) is 2.30. The summed E-state index contributed by atoms with van der Waals surface area (Å²) in [5, 5.41) is 0. The van der Waals surface area contributed by atoms with Crippen LogP contribution in [0.25, 0.3) is 0 Å². The van der Waals surface area contributed by atoms with Gasteiger partial charge in [0.25, 0.3) is 0 Å². The second-order valence-corrected chi connectivity index (χ2v) is 3.60. The first-order valence-corrected chi connectivity index (χ1v) is 4.76. The molecule has 0 N–H and O–H groups in total. The summed E-state index contributed by atoms with van der Waals surface area (Å²) in [5.41, 5.74) is 0. The largest absolute Gasteiger partial charge is 0.455 e. The number of fused-ring (bicyclic) bond motifs is 1. The number of epoxide rings is 1. The fourth-order valence-corrected chi connectivity index (χ4v) is 1.70. The minimum Gasteiger partial charge on any atom is -0.455 e. The lowest BCUT2D eigenvalue weighted by Crippen LogP contribution is -2.32. The van der Waals surface area contributed by atoms with Gasteiger partial charge in [0.1, 0.15) is 24.4 Å². The molecular weight excluding hydrogens is 200 g/mol. The van der Waals surface area contributed by atoms with E-state index in [9.17, 15) is 9.59 Å². The number of esters is 2. The Morgan fingerprint density at radius 2 is 1.40 bits per heavy atom. The van der Waals surface area contributed by atoms with Crippen LogP contribution in [0.4, 0.5) is 0 Å². The Bertz CT molecular complexity index is 292. The first-order chi connectivity index (χ1) is 7.08. The first-order valence-electron chi connectivity index (χ1n) is 4.76. The number of rotatable bonds is 2. The van der Waals surface area contributed by atoms with E-state index in [0.717, 1.165) is 0 Å². The highest BCUT2D eigenvalue weighted by atomic mass is 16.7. The van der Waals surface area contributed by atoms with E-state index >= 15 is 0 Å². The number of carbonyl (C=O) groups is 2. The van der Waals surface area contributed by atoms with E-state index in [2.05, 4.69) is 0 Å². The highest BCUT2D eigenvalue weighted by Crippen LogP contribution is 2.36. The van der Waals surface area contributed by atoms with E-state index in [1.807, 2.05) is 0 Å². The average Bonchev–Trinajstić information content (AvgIpc) is 2.87. The Balaban J connectivity index is 1.96. The fourth-order valence-electron chi connectivity index (χ4n) is 1.70. The summed E-state index contributed by atoms with van der Waals surface area (Å²) in [5.74, 6) is -0.685. The first kappa shape index (κ1) is 10.2. The molecule has 0 unspecified atom stereocenters. The van der Waals surface area contributed by atoms with Gasteiger partial charge in [-0.1, -0.05) is 0 Å². The van der Waals surface area contributed by atoms with Gasteiger partial charge in [0.2, 0.25) is 0 Å². The van der Waals surface area contributed by atoms with Crippen LogP contribution in [0.5, 0.6) is 0 Å². The Kier molecular flexibility index (Phi) is 2.48. The van der Waals surface area contributed by atoms with Gasteiger partial charge in [-0.25, -0.2) is 0 Å². The minimum absolute atomic E-state index is 0.164. The summed E-state index contributed by atoms with van der Waals surface area (Å²) >= 11 is 0. The standard InChI is InChI=1S/C10H12O5/c1-5(11)13-7-3-4-8(14-6(2)12)10-9(7)15-10/h3-4,7-10H,1-2H3/t7-,8+,9-,10+. The zero-order valence-corrected chi connectivity index (χ0v) is 8.51. The van der Waals surface area contributed by atoms with Gasteiger partial charge in [-0.3, -0.25) is 9.59 Å². The Hall–Kier alpha value is -1.36. The maximum atomic E-state index is 10.7. The molecule has 2 aliphatic rings. The number of ether oxygens (including phenoxy) is 3. The van der Waals surface area contributed by atoms with Crippen molar-refractivity contribution in [3.05, 3.63) is 12.2 Å². The lowest BCUT2D eigenvalue weighted by atomic mass is 10.0. The van der Waals surface area contributed by atoms with Crippen molar-refractivity contribution in [1.82, 2.24) is 0 Å². The van der Waals surface area contributed by atoms with E-state index in [4.69, 9.17) is 14.2 Å². The molecule has 5 nitrogen and oxygen atoms in total. The van der Waals surface area contributed by atoms with E-state index in [0.29, 0.717) is 0 Å². The monoisotopic (exact) mass is 212 g/mol. The number of carbonyl (C=O) groups excluding carboxylic acids is 2. The van der Waals surface area contributed by atoms with Crippen molar-refractivity contribution in [1.29, 1.82) is 0 Å². The molecule has 5 heteroatoms. The van der Waals surface area contributed by atoms with Crippen molar-refractivity contribution in [2.24, 2.45) is 0 Å². The SMILES string of the molecule is CC(=O)O[C@H]1C=C[C@@H](OC(C)=O)[C@H]2O[C@H]21. The van der Waals surface area contributed by atoms with Gasteiger partial charge in [0.05, 0.1) is 0 Å². The van der Waals surface area contributed by atoms with Crippen LogP contribution in [-0.4, -0.2) is 36.4 Å². The summed E-state index contributed by atoms with van der Waals surface area (Å²) in [7, 11) is 0. The van der Waals surface area contributed by atoms with Crippen molar-refractivity contribution in [2.45, 2.75) is 38.3 Å². The van der Waals surface area contributed by atoms with Gasteiger partial charge in [-0.2, -0.15) is 0 Å². The lowest BCUT2D eigenvalue weighted by molar-refractivity contribution is -0.147. The van der Waals surface area contributed by atoms with E-state index in [-0.39, 0.29) is 36.4 Å². The molecule has 1 aliphatic carbocycles. The summed E-state index contributed by atoms with van der Waals surface area (Å²) in [6.07, 6.45) is 2.37. The van der Waals surface area contributed by atoms with Gasteiger partial charge in [0.15, 0.2) is 0 Å². The zero-order chi connectivity index (χ0) is 11.0. The molecule has 1 saturated heterocycles. The number of hydrogen-bond acceptors (Lipinski definition) is 5. The molecule has 0 bridgehead atoms. The normalized spacial score (nSPS) is 36.7. The maximum Gasteiger partial charge on any atom is 0.303 e. The summed E-state index contributed by atoms with van der Waals surface area (Å²) in [6.45, 7) is 2.70. The van der Waals surface area contributed by atoms with Crippen LogP contribution in [0.3, 0.4) is 0 Å². The molecule has 0 radical (unpaired) electrons. The highest BCUT2D eigenvalue weighted by molar-refractivity contribution is 5.67. The Labute approximate surface area is 87.0 Å². The van der Waals surface area contributed by atoms with Crippen molar-refractivity contribution in [3.63, 3.8) is 0 Å². The lowest BCUT2D eigenvalue weighted by Gasteiger charge is -2.18. The molecule has 1 heterocycles. The predicted octanol–water partition coefficient (Wildman–Crippen LogP) is 0.187. The summed E-state index contributed by atoms with van der Waals surface area (Å²) < 4.78 is 15.3. The predicted molar refractivity (Wildman–Crippen MR) is 48.9 cm³/mol. The smallest absolute Gasteiger partial charge is 0.303 e. The van der Waals surface area contributed by atoms with Gasteiger partial charge in [0, 0.05) is 13.8 Å². The van der Waals surface area contributed by atoms with Crippen LogP contribution >= 0.6 is 0 Å². The van der Waals surface area contributed by atoms with E-state index < -0.39 is 0 Å². The van der Waals surface area contributed by atoms with Crippen LogP contribution in [0.2, 0.25) is 0 Å². The molecule has 1 aliphatic heterocycles. The van der Waals surface area contributed by atoms with Gasteiger partial charge < -0.3 is 14.2 Å². The molecule has 0 aromatic carbocycles. The molecule has 82 valence electrons. The molecule has 0 amide bonds. The fraction of sp³-hybridized carbons (Fsp3) is 0.600. The molecule has 0 saturated carbocycles. The molecule has 15 heavy (non-hydrogen) atoms. The van der Waals surface area contributed by atoms with Crippen molar-refractivity contribution in [2.75, 3.05) is 0 Å². The van der Waals surface area contributed by atoms with Crippen LogP contribution in [0.15, 0.2) is 12.2 Å². The second-order valence-electron chi connectivity index (χ2n) is 3.60. The molecule has 2 rings (SSSR count). The van der Waals surface area contributed by atoms with Crippen molar-refractivity contribution >= 4 is 11.9 Å². The van der Waals surface area contributed by atoms with E-state index in [1.165, 1.54) is 13.8 Å². The molecule has 1 fully saturated rings.